The molecule has 1 aliphatic carbocycles. The van der Waals surface area contributed by atoms with Gasteiger partial charge in [-0.05, 0) is 44.0 Å². The molecule has 0 saturated heterocycles. The first kappa shape index (κ1) is 14.8. The van der Waals surface area contributed by atoms with Crippen LogP contribution in [-0.2, 0) is 9.16 Å². The maximum absolute atomic E-state index is 6.45. The first-order chi connectivity index (χ1) is 7.69. The van der Waals surface area contributed by atoms with Crippen LogP contribution in [0.3, 0.4) is 0 Å². The summed E-state index contributed by atoms with van der Waals surface area (Å²) in [5.41, 5.74) is 1.32. The Morgan fingerprint density at radius 2 is 1.88 bits per heavy atom. The van der Waals surface area contributed by atoms with Gasteiger partial charge in [-0.15, -0.1) is 0 Å². The van der Waals surface area contributed by atoms with Crippen molar-refractivity contribution in [3.63, 3.8) is 0 Å². The molecule has 0 saturated carbocycles. The maximum Gasteiger partial charge on any atom is 0.192 e. The molecule has 0 aromatic rings. The Morgan fingerprint density at radius 1 is 1.29 bits per heavy atom. The molecule has 17 heavy (non-hydrogen) atoms. The van der Waals surface area contributed by atoms with Crippen LogP contribution >= 0.6 is 0 Å². The highest BCUT2D eigenvalue weighted by atomic mass is 28.4. The van der Waals surface area contributed by atoms with Gasteiger partial charge in [-0.1, -0.05) is 20.8 Å². The maximum atomic E-state index is 6.45. The second-order valence-corrected chi connectivity index (χ2v) is 11.2. The molecule has 0 fully saturated rings. The molecular formula is C14H28O2Si. The van der Waals surface area contributed by atoms with E-state index >= 15 is 0 Å². The van der Waals surface area contributed by atoms with Crippen molar-refractivity contribution in [1.82, 2.24) is 0 Å². The van der Waals surface area contributed by atoms with E-state index in [-0.39, 0.29) is 11.1 Å². The first-order valence-electron chi connectivity index (χ1n) is 6.69. The number of rotatable bonds is 4. The standard InChI is InChI=1S/C14H28O2Si/c1-8-15-12-9-10-13(11(12)2)16-17(6,7)14(3,4)5/h13H,8-10H2,1-7H3. The van der Waals surface area contributed by atoms with Crippen molar-refractivity contribution in [1.29, 1.82) is 0 Å². The predicted octanol–water partition coefficient (Wildman–Crippen LogP) is 4.48. The SMILES string of the molecule is CCOC1=C(C)C(O[Si](C)(C)C(C)(C)C)CC1. The molecule has 0 radical (unpaired) electrons. The molecule has 0 heterocycles. The molecule has 1 atom stereocenters. The molecule has 0 aromatic heterocycles. The topological polar surface area (TPSA) is 18.5 Å². The van der Waals surface area contributed by atoms with E-state index in [1.807, 2.05) is 6.92 Å². The Bertz CT molecular complexity index is 300. The fourth-order valence-corrected chi connectivity index (χ4v) is 3.25. The normalized spacial score (nSPS) is 22.2. The van der Waals surface area contributed by atoms with Gasteiger partial charge in [0, 0.05) is 6.42 Å². The minimum atomic E-state index is -1.65. The third-order valence-corrected chi connectivity index (χ3v) is 8.60. The smallest absolute Gasteiger partial charge is 0.192 e. The second-order valence-electron chi connectivity index (χ2n) is 6.44. The van der Waals surface area contributed by atoms with Gasteiger partial charge in [-0.3, -0.25) is 0 Å². The van der Waals surface area contributed by atoms with E-state index in [1.165, 1.54) is 5.57 Å². The van der Waals surface area contributed by atoms with Crippen molar-refractivity contribution in [2.45, 2.75) is 71.7 Å². The lowest BCUT2D eigenvalue weighted by molar-refractivity contribution is 0.214. The highest BCUT2D eigenvalue weighted by molar-refractivity contribution is 6.74. The van der Waals surface area contributed by atoms with Crippen molar-refractivity contribution >= 4 is 8.32 Å². The number of ether oxygens (including phenoxy) is 1. The molecule has 0 spiro atoms. The van der Waals surface area contributed by atoms with E-state index in [1.54, 1.807) is 0 Å². The third-order valence-electron chi connectivity index (χ3n) is 4.12. The van der Waals surface area contributed by atoms with Gasteiger partial charge < -0.3 is 9.16 Å². The Morgan fingerprint density at radius 3 is 2.35 bits per heavy atom. The van der Waals surface area contributed by atoms with Gasteiger partial charge >= 0.3 is 0 Å². The number of hydrogen-bond acceptors (Lipinski definition) is 2. The van der Waals surface area contributed by atoms with Gasteiger partial charge in [0.25, 0.3) is 0 Å². The van der Waals surface area contributed by atoms with Crippen LogP contribution in [0.2, 0.25) is 18.1 Å². The Kier molecular flexibility index (Phi) is 4.47. The van der Waals surface area contributed by atoms with Crippen molar-refractivity contribution in [2.24, 2.45) is 0 Å². The monoisotopic (exact) mass is 256 g/mol. The van der Waals surface area contributed by atoms with Crippen LogP contribution in [0, 0.1) is 0 Å². The van der Waals surface area contributed by atoms with Crippen LogP contribution in [0.5, 0.6) is 0 Å². The summed E-state index contributed by atoms with van der Waals surface area (Å²) in [6, 6.07) is 0. The molecule has 0 amide bonds. The molecule has 0 aromatic carbocycles. The van der Waals surface area contributed by atoms with Crippen molar-refractivity contribution in [3.05, 3.63) is 11.3 Å². The van der Waals surface area contributed by atoms with E-state index in [0.717, 1.165) is 25.2 Å². The van der Waals surface area contributed by atoms with Crippen molar-refractivity contribution in [3.8, 4) is 0 Å². The number of allylic oxidation sites excluding steroid dienone is 1. The summed E-state index contributed by atoms with van der Waals surface area (Å²) in [7, 11) is -1.65. The lowest BCUT2D eigenvalue weighted by Gasteiger charge is -2.38. The highest BCUT2D eigenvalue weighted by Crippen LogP contribution is 2.40. The van der Waals surface area contributed by atoms with Crippen molar-refractivity contribution < 1.29 is 9.16 Å². The van der Waals surface area contributed by atoms with E-state index in [2.05, 4.69) is 40.8 Å². The first-order valence-corrected chi connectivity index (χ1v) is 9.60. The van der Waals surface area contributed by atoms with E-state index in [0.29, 0.717) is 0 Å². The average Bonchev–Trinajstić information content (AvgIpc) is 2.48. The molecule has 2 nitrogen and oxygen atoms in total. The molecular weight excluding hydrogens is 228 g/mol. The zero-order valence-corrected chi connectivity index (χ0v) is 13.5. The van der Waals surface area contributed by atoms with Gasteiger partial charge in [-0.2, -0.15) is 0 Å². The molecule has 0 bridgehead atoms. The lowest BCUT2D eigenvalue weighted by atomic mass is 10.2. The fourth-order valence-electron chi connectivity index (χ4n) is 1.90. The number of hydrogen-bond donors (Lipinski definition) is 0. The van der Waals surface area contributed by atoms with E-state index in [9.17, 15) is 0 Å². The molecule has 0 N–H and O–H groups in total. The summed E-state index contributed by atoms with van der Waals surface area (Å²) < 4.78 is 12.1. The van der Waals surface area contributed by atoms with Gasteiger partial charge in [0.1, 0.15) is 0 Å². The molecule has 1 aliphatic rings. The average molecular weight is 256 g/mol. The molecule has 1 unspecified atom stereocenters. The summed E-state index contributed by atoms with van der Waals surface area (Å²) in [6.07, 6.45) is 2.42. The van der Waals surface area contributed by atoms with Crippen LogP contribution in [0.25, 0.3) is 0 Å². The molecule has 0 aliphatic heterocycles. The van der Waals surface area contributed by atoms with Gasteiger partial charge in [-0.25, -0.2) is 0 Å². The molecule has 1 rings (SSSR count). The third kappa shape index (κ3) is 3.35. The van der Waals surface area contributed by atoms with Gasteiger partial charge in [0.15, 0.2) is 8.32 Å². The Balaban J connectivity index is 2.72. The zero-order chi connectivity index (χ0) is 13.3. The quantitative estimate of drug-likeness (QED) is 0.690. The van der Waals surface area contributed by atoms with Crippen molar-refractivity contribution in [2.75, 3.05) is 6.61 Å². The summed E-state index contributed by atoms with van der Waals surface area (Å²) in [6.45, 7) is 16.5. The van der Waals surface area contributed by atoms with Gasteiger partial charge in [0.05, 0.1) is 18.5 Å². The van der Waals surface area contributed by atoms with Crippen LogP contribution in [-0.4, -0.2) is 21.0 Å². The summed E-state index contributed by atoms with van der Waals surface area (Å²) in [5, 5.41) is 0.279. The largest absolute Gasteiger partial charge is 0.498 e. The highest BCUT2D eigenvalue weighted by Gasteiger charge is 2.40. The van der Waals surface area contributed by atoms with Crippen LogP contribution in [0.15, 0.2) is 11.3 Å². The predicted molar refractivity (Wildman–Crippen MR) is 75.6 cm³/mol. The molecule has 100 valence electrons. The van der Waals surface area contributed by atoms with Crippen LogP contribution in [0.4, 0.5) is 0 Å². The summed E-state index contributed by atoms with van der Waals surface area (Å²) >= 11 is 0. The van der Waals surface area contributed by atoms with E-state index < -0.39 is 8.32 Å². The second kappa shape index (κ2) is 5.15. The Labute approximate surface area is 108 Å². The summed E-state index contributed by atoms with van der Waals surface area (Å²) in [5.74, 6) is 1.16. The molecule has 3 heteroatoms. The minimum absolute atomic E-state index is 0.279. The zero-order valence-electron chi connectivity index (χ0n) is 12.5. The van der Waals surface area contributed by atoms with E-state index in [4.69, 9.17) is 9.16 Å². The Hall–Kier alpha value is -0.283. The van der Waals surface area contributed by atoms with Crippen LogP contribution in [0.1, 0.15) is 47.5 Å². The fraction of sp³-hybridized carbons (Fsp3) is 0.857. The van der Waals surface area contributed by atoms with Gasteiger partial charge in [0.2, 0.25) is 0 Å². The lowest BCUT2D eigenvalue weighted by Crippen LogP contribution is -2.43. The summed E-state index contributed by atoms with van der Waals surface area (Å²) in [4.78, 5) is 0. The minimum Gasteiger partial charge on any atom is -0.498 e. The van der Waals surface area contributed by atoms with Crippen LogP contribution < -0.4 is 0 Å².